The average Bonchev–Trinajstić information content (AvgIpc) is 2.78. The first-order valence-electron chi connectivity index (χ1n) is 5.82. The number of β-amino-alcohol motifs (C(OH)–C–C–N with tert-alkyl or cyclic N) is 1. The predicted octanol–water partition coefficient (Wildman–Crippen LogP) is 1.87. The first-order valence-corrected chi connectivity index (χ1v) is 6.61. The summed E-state index contributed by atoms with van der Waals surface area (Å²) < 4.78 is 0.532. The lowest BCUT2D eigenvalue weighted by Crippen LogP contribution is -2.29. The van der Waals surface area contributed by atoms with Gasteiger partial charge in [0.2, 0.25) is 0 Å². The maximum absolute atomic E-state index is 12.2. The largest absolute Gasteiger partial charge is 0.391 e. The summed E-state index contributed by atoms with van der Waals surface area (Å²) in [5.41, 5.74) is 0.666. The third-order valence-electron chi connectivity index (χ3n) is 3.21. The van der Waals surface area contributed by atoms with Crippen LogP contribution in [0.1, 0.15) is 22.3 Å². The Labute approximate surface area is 118 Å². The highest BCUT2D eigenvalue weighted by atomic mass is 79.9. The lowest BCUT2D eigenvalue weighted by atomic mass is 10.1. The fourth-order valence-electron chi connectivity index (χ4n) is 2.09. The van der Waals surface area contributed by atoms with Gasteiger partial charge < -0.3 is 10.0 Å². The van der Waals surface area contributed by atoms with Gasteiger partial charge >= 0.3 is 0 Å². The van der Waals surface area contributed by atoms with E-state index in [9.17, 15) is 20.0 Å². The molecular weight excluding hydrogens is 316 g/mol. The summed E-state index contributed by atoms with van der Waals surface area (Å²) in [6.07, 6.45) is 0.0359. The van der Waals surface area contributed by atoms with E-state index in [0.717, 1.165) is 0 Å². The molecule has 1 heterocycles. The highest BCUT2D eigenvalue weighted by Crippen LogP contribution is 2.28. The summed E-state index contributed by atoms with van der Waals surface area (Å²) in [4.78, 5) is 24.1. The summed E-state index contributed by atoms with van der Waals surface area (Å²) >= 11 is 3.23. The molecular formula is C12H13BrN2O4. The minimum atomic E-state index is -0.507. The predicted molar refractivity (Wildman–Crippen MR) is 72.1 cm³/mol. The van der Waals surface area contributed by atoms with Crippen molar-refractivity contribution in [1.82, 2.24) is 4.90 Å². The van der Waals surface area contributed by atoms with Crippen LogP contribution in [0.2, 0.25) is 0 Å². The monoisotopic (exact) mass is 328 g/mol. The van der Waals surface area contributed by atoms with Gasteiger partial charge in [-0.25, -0.2) is 0 Å². The molecule has 19 heavy (non-hydrogen) atoms. The molecule has 6 nitrogen and oxygen atoms in total. The Hall–Kier alpha value is -1.47. The number of nitro benzene ring substituents is 1. The van der Waals surface area contributed by atoms with Crippen LogP contribution in [0.4, 0.5) is 5.69 Å². The number of hydrogen-bond donors (Lipinski definition) is 1. The Kier molecular flexibility index (Phi) is 3.86. The molecule has 1 aliphatic heterocycles. The Morgan fingerprint density at radius 3 is 2.79 bits per heavy atom. The van der Waals surface area contributed by atoms with E-state index in [1.54, 1.807) is 13.0 Å². The smallest absolute Gasteiger partial charge is 0.274 e. The number of carbonyl (C=O) groups excluding carboxylic acids is 1. The van der Waals surface area contributed by atoms with Crippen molar-refractivity contribution in [2.45, 2.75) is 19.4 Å². The fourth-order valence-corrected chi connectivity index (χ4v) is 2.54. The molecule has 0 saturated carbocycles. The number of aliphatic hydroxyl groups excluding tert-OH is 1. The highest BCUT2D eigenvalue weighted by Gasteiger charge is 2.27. The van der Waals surface area contributed by atoms with Crippen LogP contribution >= 0.6 is 15.9 Å². The van der Waals surface area contributed by atoms with E-state index in [4.69, 9.17) is 0 Å². The molecule has 0 radical (unpaired) electrons. The van der Waals surface area contributed by atoms with Gasteiger partial charge in [0.15, 0.2) is 0 Å². The summed E-state index contributed by atoms with van der Waals surface area (Å²) in [6.45, 7) is 2.37. The number of halogens is 1. The van der Waals surface area contributed by atoms with Gasteiger partial charge in [-0.1, -0.05) is 15.9 Å². The molecule has 0 unspecified atom stereocenters. The molecule has 0 aromatic heterocycles. The van der Waals surface area contributed by atoms with Gasteiger partial charge in [0, 0.05) is 34.8 Å². The SMILES string of the molecule is Cc1c(Br)cc(C(=O)N2CC[C@@H](O)C2)cc1[N+](=O)[O-]. The van der Waals surface area contributed by atoms with E-state index >= 15 is 0 Å². The molecule has 0 aliphatic carbocycles. The van der Waals surface area contributed by atoms with E-state index in [1.165, 1.54) is 11.0 Å². The first kappa shape index (κ1) is 14.0. The lowest BCUT2D eigenvalue weighted by Gasteiger charge is -2.16. The number of carbonyl (C=O) groups is 1. The van der Waals surface area contributed by atoms with Crippen LogP contribution in [0.15, 0.2) is 16.6 Å². The Morgan fingerprint density at radius 2 is 2.26 bits per heavy atom. The second kappa shape index (κ2) is 5.26. The summed E-state index contributed by atoms with van der Waals surface area (Å²) in [7, 11) is 0. The molecule has 1 atom stereocenters. The third-order valence-corrected chi connectivity index (χ3v) is 4.03. The molecule has 1 fully saturated rings. The van der Waals surface area contributed by atoms with E-state index in [0.29, 0.717) is 23.0 Å². The zero-order chi connectivity index (χ0) is 14.2. The second-order valence-corrected chi connectivity index (χ2v) is 5.41. The van der Waals surface area contributed by atoms with Crippen molar-refractivity contribution < 1.29 is 14.8 Å². The van der Waals surface area contributed by atoms with Gasteiger partial charge in [0.25, 0.3) is 11.6 Å². The van der Waals surface area contributed by atoms with Crippen LogP contribution in [0.3, 0.4) is 0 Å². The zero-order valence-electron chi connectivity index (χ0n) is 10.3. The fraction of sp³-hybridized carbons (Fsp3) is 0.417. The molecule has 0 spiro atoms. The lowest BCUT2D eigenvalue weighted by molar-refractivity contribution is -0.385. The average molecular weight is 329 g/mol. The molecule has 102 valence electrons. The molecule has 2 rings (SSSR count). The van der Waals surface area contributed by atoms with Gasteiger partial charge in [0.05, 0.1) is 11.0 Å². The van der Waals surface area contributed by atoms with Gasteiger partial charge in [-0.2, -0.15) is 0 Å². The van der Waals surface area contributed by atoms with Crippen LogP contribution in [-0.4, -0.2) is 40.0 Å². The van der Waals surface area contributed by atoms with Crippen molar-refractivity contribution >= 4 is 27.5 Å². The molecule has 1 aromatic rings. The van der Waals surface area contributed by atoms with Crippen molar-refractivity contribution in [3.05, 3.63) is 37.8 Å². The molecule has 1 saturated heterocycles. The third kappa shape index (κ3) is 2.76. The van der Waals surface area contributed by atoms with Crippen LogP contribution in [0, 0.1) is 17.0 Å². The molecule has 7 heteroatoms. The van der Waals surface area contributed by atoms with Crippen LogP contribution in [0.25, 0.3) is 0 Å². The Balaban J connectivity index is 2.35. The van der Waals surface area contributed by atoms with Crippen LogP contribution in [0.5, 0.6) is 0 Å². The topological polar surface area (TPSA) is 83.7 Å². The zero-order valence-corrected chi connectivity index (χ0v) is 11.9. The van der Waals surface area contributed by atoms with Gasteiger partial charge in [-0.05, 0) is 19.4 Å². The van der Waals surface area contributed by atoms with E-state index < -0.39 is 11.0 Å². The van der Waals surface area contributed by atoms with Crippen molar-refractivity contribution in [3.63, 3.8) is 0 Å². The number of aliphatic hydroxyl groups is 1. The maximum Gasteiger partial charge on any atom is 0.274 e. The molecule has 1 N–H and O–H groups in total. The van der Waals surface area contributed by atoms with Crippen molar-refractivity contribution in [2.24, 2.45) is 0 Å². The molecule has 1 aliphatic rings. The Morgan fingerprint density at radius 1 is 1.58 bits per heavy atom. The minimum Gasteiger partial charge on any atom is -0.391 e. The normalized spacial score (nSPS) is 18.7. The van der Waals surface area contributed by atoms with Gasteiger partial charge in [-0.15, -0.1) is 0 Å². The van der Waals surface area contributed by atoms with Crippen LogP contribution in [-0.2, 0) is 0 Å². The summed E-state index contributed by atoms with van der Waals surface area (Å²) in [5, 5.41) is 20.4. The van der Waals surface area contributed by atoms with E-state index in [2.05, 4.69) is 15.9 Å². The summed E-state index contributed by atoms with van der Waals surface area (Å²) in [5.74, 6) is -0.291. The molecule has 1 aromatic carbocycles. The maximum atomic E-state index is 12.2. The van der Waals surface area contributed by atoms with E-state index in [1.807, 2.05) is 0 Å². The number of amides is 1. The standard InChI is InChI=1S/C12H13BrN2O4/c1-7-10(13)4-8(5-11(7)15(18)19)12(17)14-3-2-9(16)6-14/h4-5,9,16H,2-3,6H2,1H3/t9-/m1/s1. The Bertz CT molecular complexity index is 547. The number of rotatable bonds is 2. The quantitative estimate of drug-likeness (QED) is 0.663. The second-order valence-electron chi connectivity index (χ2n) is 4.55. The number of nitrogens with zero attached hydrogens (tertiary/aromatic N) is 2. The number of benzene rings is 1. The van der Waals surface area contributed by atoms with Gasteiger partial charge in [-0.3, -0.25) is 14.9 Å². The number of nitro groups is 1. The van der Waals surface area contributed by atoms with Crippen molar-refractivity contribution in [3.8, 4) is 0 Å². The molecule has 0 bridgehead atoms. The number of likely N-dealkylation sites (tertiary alicyclic amines) is 1. The van der Waals surface area contributed by atoms with Crippen molar-refractivity contribution in [1.29, 1.82) is 0 Å². The minimum absolute atomic E-state index is 0.0857. The van der Waals surface area contributed by atoms with Gasteiger partial charge in [0.1, 0.15) is 0 Å². The summed E-state index contributed by atoms with van der Waals surface area (Å²) in [6, 6.07) is 2.86. The molecule has 1 amide bonds. The highest BCUT2D eigenvalue weighted by molar-refractivity contribution is 9.10. The first-order chi connectivity index (χ1) is 8.90. The van der Waals surface area contributed by atoms with Crippen molar-refractivity contribution in [2.75, 3.05) is 13.1 Å². The van der Waals surface area contributed by atoms with E-state index in [-0.39, 0.29) is 23.7 Å². The van der Waals surface area contributed by atoms with Crippen LogP contribution < -0.4 is 0 Å². The number of hydrogen-bond acceptors (Lipinski definition) is 4.